The van der Waals surface area contributed by atoms with Crippen molar-refractivity contribution in [2.75, 3.05) is 26.2 Å². The monoisotopic (exact) mass is 194 g/mol. The van der Waals surface area contributed by atoms with Crippen LogP contribution in [0.4, 0.5) is 0 Å². The first-order valence-electron chi connectivity index (χ1n) is 4.71. The van der Waals surface area contributed by atoms with Crippen molar-refractivity contribution in [1.29, 1.82) is 0 Å². The minimum absolute atomic E-state index is 0.764. The largest absolute Gasteiger partial charge is 0.516 e. The Morgan fingerprint density at radius 3 is 1.57 bits per heavy atom. The van der Waals surface area contributed by atoms with E-state index in [9.17, 15) is 0 Å². The zero-order valence-electron chi connectivity index (χ0n) is 8.73. The summed E-state index contributed by atoms with van der Waals surface area (Å²) < 4.78 is 0.785. The Hall–Kier alpha value is -1.28. The summed E-state index contributed by atoms with van der Waals surface area (Å²) in [5.41, 5.74) is 0. The first kappa shape index (κ1) is 12.7. The fraction of sp³-hybridized carbons (Fsp3) is 0.333. The molecule has 0 aliphatic rings. The molecule has 0 saturated carbocycles. The lowest BCUT2D eigenvalue weighted by Crippen LogP contribution is -2.48. The molecule has 0 atom stereocenters. The van der Waals surface area contributed by atoms with Gasteiger partial charge in [-0.1, -0.05) is 19.7 Å². The van der Waals surface area contributed by atoms with E-state index in [2.05, 4.69) is 19.7 Å². The minimum atomic E-state index is 0.764. The van der Waals surface area contributed by atoms with Gasteiger partial charge in [0.15, 0.2) is 0 Å². The number of nitrogens with zero attached hydrogens (tertiary/aromatic N) is 1. The van der Waals surface area contributed by atoms with Crippen molar-refractivity contribution in [3.8, 4) is 0 Å². The van der Waals surface area contributed by atoms with Crippen LogP contribution < -0.4 is 0 Å². The van der Waals surface area contributed by atoms with Gasteiger partial charge in [0.25, 0.3) is 0 Å². The lowest BCUT2D eigenvalue weighted by atomic mass is 10.3. The molecule has 0 aromatic heterocycles. The predicted molar refractivity (Wildman–Crippen MR) is 62.1 cm³/mol. The highest BCUT2D eigenvalue weighted by Gasteiger charge is 2.20. The molecule has 0 rings (SSSR count). The third-order valence-corrected chi connectivity index (χ3v) is 2.15. The van der Waals surface area contributed by atoms with Crippen molar-refractivity contribution in [1.82, 2.24) is 0 Å². The molecule has 0 spiro atoms. The Kier molecular flexibility index (Phi) is 6.50. The topological polar surface area (TPSA) is 20.2 Å². The van der Waals surface area contributed by atoms with Gasteiger partial charge in [0.2, 0.25) is 0 Å². The molecule has 1 N–H and O–H groups in total. The zero-order chi connectivity index (χ0) is 10.9. The van der Waals surface area contributed by atoms with Gasteiger partial charge in [-0.25, -0.2) is 0 Å². The standard InChI is InChI=1S/C12H19NO/c1-4-8-13(9-5-2,10-6-3)11-7-12-14/h4-7,12H,1-3,8-11H2/p+1. The molecule has 78 valence electrons. The molecule has 2 heteroatoms. The molecule has 0 saturated heterocycles. The smallest absolute Gasteiger partial charge is 0.101 e. The van der Waals surface area contributed by atoms with E-state index in [-0.39, 0.29) is 0 Å². The average Bonchev–Trinajstić information content (AvgIpc) is 2.16. The SMILES string of the molecule is C=CC[N+](CC=C)(CC=C)CC=CO. The van der Waals surface area contributed by atoms with E-state index in [0.717, 1.165) is 36.9 Å². The van der Waals surface area contributed by atoms with Gasteiger partial charge in [0.05, 0.1) is 25.9 Å². The van der Waals surface area contributed by atoms with Crippen LogP contribution in [0.15, 0.2) is 50.3 Å². The predicted octanol–water partition coefficient (Wildman–Crippen LogP) is 2.43. The van der Waals surface area contributed by atoms with Gasteiger partial charge in [-0.2, -0.15) is 0 Å². The van der Waals surface area contributed by atoms with Crippen LogP contribution in [0.3, 0.4) is 0 Å². The van der Waals surface area contributed by atoms with Gasteiger partial charge in [-0.3, -0.25) is 0 Å². The van der Waals surface area contributed by atoms with Crippen molar-refractivity contribution >= 4 is 0 Å². The number of rotatable bonds is 8. The summed E-state index contributed by atoms with van der Waals surface area (Å²) in [5, 5.41) is 8.67. The summed E-state index contributed by atoms with van der Waals surface area (Å²) in [5.74, 6) is 0. The Balaban J connectivity index is 4.59. The van der Waals surface area contributed by atoms with E-state index in [1.807, 2.05) is 18.2 Å². The number of aliphatic hydroxyl groups excluding tert-OH is 1. The number of aliphatic hydroxyl groups is 1. The number of hydrogen-bond donors (Lipinski definition) is 1. The maximum atomic E-state index is 8.67. The highest BCUT2D eigenvalue weighted by Crippen LogP contribution is 2.08. The molecule has 0 bridgehead atoms. The summed E-state index contributed by atoms with van der Waals surface area (Å²) >= 11 is 0. The molecule has 0 fully saturated rings. The van der Waals surface area contributed by atoms with E-state index in [4.69, 9.17) is 5.11 Å². The van der Waals surface area contributed by atoms with Crippen LogP contribution >= 0.6 is 0 Å². The number of quaternary nitrogens is 1. The fourth-order valence-corrected chi connectivity index (χ4v) is 1.54. The summed E-state index contributed by atoms with van der Waals surface area (Å²) in [6.45, 7) is 14.6. The molecule has 0 amide bonds. The molecule has 0 radical (unpaired) electrons. The molecular formula is C12H20NO+. The highest BCUT2D eigenvalue weighted by molar-refractivity contribution is 4.80. The Labute approximate surface area is 86.8 Å². The molecule has 0 aliphatic carbocycles. The van der Waals surface area contributed by atoms with Crippen molar-refractivity contribution < 1.29 is 9.59 Å². The fourth-order valence-electron chi connectivity index (χ4n) is 1.54. The quantitative estimate of drug-likeness (QED) is 0.357. The van der Waals surface area contributed by atoms with Gasteiger partial charge in [0, 0.05) is 6.08 Å². The van der Waals surface area contributed by atoms with E-state index in [1.165, 1.54) is 0 Å². The molecule has 0 aromatic carbocycles. The zero-order valence-corrected chi connectivity index (χ0v) is 8.73. The van der Waals surface area contributed by atoms with Crippen molar-refractivity contribution in [2.45, 2.75) is 0 Å². The minimum Gasteiger partial charge on any atom is -0.516 e. The Morgan fingerprint density at radius 1 is 0.857 bits per heavy atom. The lowest BCUT2D eigenvalue weighted by molar-refractivity contribution is -0.906. The van der Waals surface area contributed by atoms with Gasteiger partial charge in [0.1, 0.15) is 6.54 Å². The maximum absolute atomic E-state index is 8.67. The van der Waals surface area contributed by atoms with Gasteiger partial charge in [-0.05, 0) is 18.2 Å². The molecule has 0 heterocycles. The van der Waals surface area contributed by atoms with E-state index in [0.29, 0.717) is 0 Å². The van der Waals surface area contributed by atoms with Crippen molar-refractivity contribution in [3.63, 3.8) is 0 Å². The number of hydrogen-bond acceptors (Lipinski definition) is 1. The van der Waals surface area contributed by atoms with E-state index >= 15 is 0 Å². The van der Waals surface area contributed by atoms with Crippen LogP contribution in [0.1, 0.15) is 0 Å². The average molecular weight is 194 g/mol. The second-order valence-electron chi connectivity index (χ2n) is 3.32. The normalized spacial score (nSPS) is 11.4. The molecule has 0 aliphatic heterocycles. The third kappa shape index (κ3) is 4.10. The third-order valence-electron chi connectivity index (χ3n) is 2.15. The Morgan fingerprint density at radius 2 is 1.29 bits per heavy atom. The highest BCUT2D eigenvalue weighted by atomic mass is 16.2. The van der Waals surface area contributed by atoms with E-state index in [1.54, 1.807) is 6.08 Å². The van der Waals surface area contributed by atoms with Crippen LogP contribution in [0.25, 0.3) is 0 Å². The molecule has 14 heavy (non-hydrogen) atoms. The van der Waals surface area contributed by atoms with Crippen LogP contribution in [0.2, 0.25) is 0 Å². The molecular weight excluding hydrogens is 174 g/mol. The second-order valence-corrected chi connectivity index (χ2v) is 3.32. The molecule has 0 aromatic rings. The molecule has 2 nitrogen and oxygen atoms in total. The summed E-state index contributed by atoms with van der Waals surface area (Å²) in [6, 6.07) is 0. The van der Waals surface area contributed by atoms with Gasteiger partial charge in [-0.15, -0.1) is 0 Å². The van der Waals surface area contributed by atoms with Crippen LogP contribution in [0, 0.1) is 0 Å². The van der Waals surface area contributed by atoms with Gasteiger partial charge < -0.3 is 9.59 Å². The van der Waals surface area contributed by atoms with Crippen LogP contribution in [0.5, 0.6) is 0 Å². The first-order valence-corrected chi connectivity index (χ1v) is 4.71. The summed E-state index contributed by atoms with van der Waals surface area (Å²) in [4.78, 5) is 0. The van der Waals surface area contributed by atoms with Gasteiger partial charge >= 0.3 is 0 Å². The summed E-state index contributed by atoms with van der Waals surface area (Å²) in [6.07, 6.45) is 8.49. The molecule has 0 unspecified atom stereocenters. The lowest BCUT2D eigenvalue weighted by Gasteiger charge is -2.34. The Bertz CT molecular complexity index is 192. The first-order chi connectivity index (χ1) is 6.74. The van der Waals surface area contributed by atoms with Crippen LogP contribution in [-0.4, -0.2) is 35.8 Å². The van der Waals surface area contributed by atoms with E-state index < -0.39 is 0 Å². The second kappa shape index (κ2) is 7.15. The van der Waals surface area contributed by atoms with Crippen molar-refractivity contribution in [2.24, 2.45) is 0 Å². The summed E-state index contributed by atoms with van der Waals surface area (Å²) in [7, 11) is 0. The maximum Gasteiger partial charge on any atom is 0.101 e. The van der Waals surface area contributed by atoms with Crippen LogP contribution in [-0.2, 0) is 0 Å². The van der Waals surface area contributed by atoms with Crippen molar-refractivity contribution in [3.05, 3.63) is 50.3 Å².